The van der Waals surface area contributed by atoms with Gasteiger partial charge in [0.25, 0.3) is 0 Å². The first kappa shape index (κ1) is 71.5. The number of hydrogen-bond donors (Lipinski definition) is 23. The zero-order valence-corrected chi connectivity index (χ0v) is 46.6. The fourth-order valence-electron chi connectivity index (χ4n) is 11.1. The van der Waals surface area contributed by atoms with Crippen LogP contribution in [0.1, 0.15) is 20.8 Å². The Balaban J connectivity index is 1.15. The predicted octanol–water partition coefficient (Wildman–Crippen LogP) is -15.8. The lowest BCUT2D eigenvalue weighted by Crippen LogP contribution is -2.70. The van der Waals surface area contributed by atoms with E-state index in [2.05, 4.69) is 16.0 Å². The van der Waals surface area contributed by atoms with E-state index in [1.807, 2.05) is 0 Å². The molecule has 7 aliphatic rings. The highest BCUT2D eigenvalue weighted by molar-refractivity contribution is 5.74. The lowest BCUT2D eigenvalue weighted by atomic mass is 9.94. The third-order valence-electron chi connectivity index (χ3n) is 15.7. The summed E-state index contributed by atoms with van der Waals surface area (Å²) >= 11 is 0. The molecule has 0 aromatic carbocycles. The third-order valence-corrected chi connectivity index (χ3v) is 15.7. The topological polar surface area (TPSA) is 612 Å². The number of amides is 3. The Morgan fingerprint density at radius 2 is 0.586 bits per heavy atom. The van der Waals surface area contributed by atoms with Gasteiger partial charge in [0.1, 0.15) is 171 Å². The molecule has 7 heterocycles. The number of nitrogens with one attached hydrogen (secondary N) is 3. The van der Waals surface area contributed by atoms with E-state index < -0.39 is 279 Å². The van der Waals surface area contributed by atoms with Crippen molar-refractivity contribution >= 4 is 17.7 Å². The first-order chi connectivity index (χ1) is 41.1. The Kier molecular flexibility index (Phi) is 25.6. The molecule has 0 aliphatic carbocycles. The molecule has 0 saturated carbocycles. The maximum Gasteiger partial charge on any atom is 0.217 e. The lowest BCUT2D eigenvalue weighted by molar-refractivity contribution is -0.383. The number of carbonyl (C=O) groups is 3. The first-order valence-electron chi connectivity index (χ1n) is 27.6. The number of aliphatic hydroxyl groups excluding tert-OH is 20. The van der Waals surface area contributed by atoms with Gasteiger partial charge >= 0.3 is 0 Å². The highest BCUT2D eigenvalue weighted by atomic mass is 16.8. The summed E-state index contributed by atoms with van der Waals surface area (Å²) < 4.78 is 75.0. The first-order valence-corrected chi connectivity index (χ1v) is 27.6. The molecule has 7 saturated heterocycles. The zero-order valence-electron chi connectivity index (χ0n) is 46.6. The molecule has 0 aromatic heterocycles. The van der Waals surface area contributed by atoms with Crippen molar-refractivity contribution in [2.24, 2.45) is 0 Å². The maximum atomic E-state index is 12.8. The van der Waals surface area contributed by atoms with Gasteiger partial charge < -0.3 is 180 Å². The Morgan fingerprint density at radius 3 is 0.989 bits per heavy atom. The minimum Gasteiger partial charge on any atom is -0.394 e. The van der Waals surface area contributed by atoms with Gasteiger partial charge in [0.05, 0.1) is 46.2 Å². The van der Waals surface area contributed by atoms with Crippen molar-refractivity contribution in [1.82, 2.24) is 16.0 Å². The van der Waals surface area contributed by atoms with Gasteiger partial charge in [-0.05, 0) is 0 Å². The van der Waals surface area contributed by atoms with Crippen molar-refractivity contribution in [2.75, 3.05) is 46.2 Å². The highest BCUT2D eigenvalue weighted by Crippen LogP contribution is 2.37. The largest absolute Gasteiger partial charge is 0.394 e. The fraction of sp³-hybridized carbons (Fsp3) is 0.938. The molecule has 0 radical (unpaired) electrons. The second-order valence-corrected chi connectivity index (χ2v) is 21.8. The molecular formula is C48H81N3O36. The van der Waals surface area contributed by atoms with E-state index in [0.717, 1.165) is 20.8 Å². The summed E-state index contributed by atoms with van der Waals surface area (Å²) in [5.41, 5.74) is 0. The van der Waals surface area contributed by atoms with Gasteiger partial charge in [-0.2, -0.15) is 0 Å². The van der Waals surface area contributed by atoms with Crippen LogP contribution in [-0.2, 0) is 76.0 Å². The molecule has 39 heteroatoms. The van der Waals surface area contributed by atoms with Crippen molar-refractivity contribution in [3.8, 4) is 0 Å². The number of rotatable bonds is 22. The Hall–Kier alpha value is -2.91. The molecule has 39 nitrogen and oxygen atoms in total. The van der Waals surface area contributed by atoms with Crippen LogP contribution in [-0.4, -0.2) is 381 Å². The molecular weight excluding hydrogens is 1190 g/mol. The molecule has 7 aliphatic heterocycles. The number of carbonyl (C=O) groups excluding carboxylic acids is 3. The van der Waals surface area contributed by atoms with E-state index in [9.17, 15) is 117 Å². The van der Waals surface area contributed by atoms with Crippen LogP contribution in [0, 0.1) is 0 Å². The second-order valence-electron chi connectivity index (χ2n) is 21.8. The molecule has 504 valence electrons. The molecule has 87 heavy (non-hydrogen) atoms. The summed E-state index contributed by atoms with van der Waals surface area (Å²) in [4.78, 5) is 37.6. The van der Waals surface area contributed by atoms with E-state index in [0.29, 0.717) is 0 Å². The second kappa shape index (κ2) is 31.1. The zero-order chi connectivity index (χ0) is 64.2. The predicted molar refractivity (Wildman–Crippen MR) is 267 cm³/mol. The van der Waals surface area contributed by atoms with Crippen LogP contribution in [0.5, 0.6) is 0 Å². The summed E-state index contributed by atoms with van der Waals surface area (Å²) in [7, 11) is 0. The highest BCUT2D eigenvalue weighted by Gasteiger charge is 2.59. The average molecular weight is 1280 g/mol. The molecule has 0 spiro atoms. The third kappa shape index (κ3) is 15.8. The summed E-state index contributed by atoms with van der Waals surface area (Å²) in [6.45, 7) is -3.94. The van der Waals surface area contributed by atoms with E-state index in [-0.39, 0.29) is 0 Å². The van der Waals surface area contributed by atoms with Crippen LogP contribution in [0.25, 0.3) is 0 Å². The molecule has 7 rings (SSSR count). The molecule has 1 unspecified atom stereocenters. The van der Waals surface area contributed by atoms with Gasteiger partial charge in [0.2, 0.25) is 17.7 Å². The fourth-order valence-corrected chi connectivity index (χ4v) is 11.1. The van der Waals surface area contributed by atoms with Gasteiger partial charge in [-0.3, -0.25) is 14.4 Å². The van der Waals surface area contributed by atoms with Gasteiger partial charge in [0.15, 0.2) is 44.0 Å². The average Bonchev–Trinajstić information content (AvgIpc) is 1.50. The summed E-state index contributed by atoms with van der Waals surface area (Å²) in [6.07, 6.45) is -62.2. The van der Waals surface area contributed by atoms with Gasteiger partial charge in [-0.25, -0.2) is 0 Å². The summed E-state index contributed by atoms with van der Waals surface area (Å²) in [6, 6.07) is -5.29. The van der Waals surface area contributed by atoms with Crippen LogP contribution < -0.4 is 16.0 Å². The van der Waals surface area contributed by atoms with Crippen LogP contribution in [0.15, 0.2) is 0 Å². The SMILES string of the molecule is CC(=O)N[C@H]1[C@H](O[C@H]2[C@@H](O)[C@@H](CO[C@@H]3O[C@H](CO)[C@@H](O[C@@H]4O[C@H](CO)[C@H](O)[C@H](O[C@H]5O[C@H](CO)[C@H](O)[C@H](O)[C@H]5O)[C@H]4O)[C@H](O)[C@H]3NC(C)=O)O[C@@H](O[C@H]3[C@H](O)[C@@H](NC(C)=O)C(O)O[C@@H]3CO)[C@@H]2O)O[C@H](CO)[C@@H](O[C@@H]2O[C@H](CO)[C@H](O)[C@H](O)[C@H]2O)[C@@H]1O. The smallest absolute Gasteiger partial charge is 0.217 e. The lowest BCUT2D eigenvalue weighted by Gasteiger charge is -2.50. The minimum absolute atomic E-state index is 0.784. The van der Waals surface area contributed by atoms with Crippen molar-refractivity contribution in [3.63, 3.8) is 0 Å². The minimum atomic E-state index is -2.31. The Bertz CT molecular complexity index is 2190. The van der Waals surface area contributed by atoms with E-state index in [4.69, 9.17) is 61.6 Å². The van der Waals surface area contributed by atoms with Crippen LogP contribution in [0.3, 0.4) is 0 Å². The molecule has 35 atom stereocenters. The van der Waals surface area contributed by atoms with Crippen molar-refractivity contribution in [3.05, 3.63) is 0 Å². The van der Waals surface area contributed by atoms with Crippen molar-refractivity contribution in [2.45, 2.75) is 236 Å². The normalized spacial score (nSPS) is 48.9. The summed E-state index contributed by atoms with van der Waals surface area (Å²) in [5.74, 6) is -2.55. The number of ether oxygens (including phenoxy) is 13. The summed E-state index contributed by atoms with van der Waals surface area (Å²) in [5, 5.41) is 223. The van der Waals surface area contributed by atoms with Crippen molar-refractivity contribution in [1.29, 1.82) is 0 Å². The molecule has 3 amide bonds. The van der Waals surface area contributed by atoms with Gasteiger partial charge in [-0.1, -0.05) is 0 Å². The van der Waals surface area contributed by atoms with E-state index in [1.54, 1.807) is 0 Å². The Morgan fingerprint density at radius 1 is 0.299 bits per heavy atom. The molecule has 0 aromatic rings. The van der Waals surface area contributed by atoms with Crippen LogP contribution in [0.4, 0.5) is 0 Å². The monoisotopic (exact) mass is 1280 g/mol. The molecule has 7 fully saturated rings. The quantitative estimate of drug-likeness (QED) is 0.0479. The maximum absolute atomic E-state index is 12.8. The van der Waals surface area contributed by atoms with Crippen LogP contribution >= 0.6 is 0 Å². The Labute approximate surface area is 492 Å². The van der Waals surface area contributed by atoms with E-state index in [1.165, 1.54) is 0 Å². The standard InChI is InChI=1S/C48H81N3O36/c1-11(58)49-21-28(65)37(17(7-55)76-42(21)74)84-48-36(73)41(86-44-23(51-13(3)60)30(67)39(19(9-57)81-44)83-45-33(70)31(68)24(61)14(4-52)77-45)27(64)20(82-48)10-75-43-22(50-12(2)59)29(66)38(18(8-56)80-43)85-47-35(72)40(26(63)16(6-54)79-47)87-46-34(71)32(69)25(62)15(5-53)78-46/h14-48,52-57,61-74H,4-10H2,1-3H3,(H,49,58)(H,50,59)(H,51,60)/t14-,15-,16-,17-,18-,19-,20-,21-,22-,23-,24+,25+,26+,27+,28-,29-,30-,31+,32+,33-,34-,35-,36-,37-,38-,39-,40+,41+,42?,43-,44+,45+,46-,47+,48+/m1/s1. The number of hydrogen-bond acceptors (Lipinski definition) is 36. The van der Waals surface area contributed by atoms with Crippen molar-refractivity contribution < 1.29 is 178 Å². The van der Waals surface area contributed by atoms with E-state index >= 15 is 0 Å². The molecule has 0 bridgehead atoms. The van der Waals surface area contributed by atoms with Gasteiger partial charge in [0, 0.05) is 20.8 Å². The molecule has 23 N–H and O–H groups in total. The van der Waals surface area contributed by atoms with Crippen LogP contribution in [0.2, 0.25) is 0 Å². The van der Waals surface area contributed by atoms with Gasteiger partial charge in [-0.15, -0.1) is 0 Å². The number of aliphatic hydroxyl groups is 20.